The zero-order valence-corrected chi connectivity index (χ0v) is 9.68. The third-order valence-electron chi connectivity index (χ3n) is 3.03. The zero-order chi connectivity index (χ0) is 9.80. The maximum atomic E-state index is 5.40. The summed E-state index contributed by atoms with van der Waals surface area (Å²) < 4.78 is 5.40. The van der Waals surface area contributed by atoms with Gasteiger partial charge in [0.05, 0.1) is 6.61 Å². The zero-order valence-electron chi connectivity index (χ0n) is 8.87. The molecule has 0 aromatic carbocycles. The maximum absolute atomic E-state index is 5.40. The van der Waals surface area contributed by atoms with E-state index in [0.717, 1.165) is 18.5 Å². The van der Waals surface area contributed by atoms with Crippen LogP contribution in [0.3, 0.4) is 0 Å². The molecular formula is C10H20N2OS. The summed E-state index contributed by atoms with van der Waals surface area (Å²) in [6.45, 7) is 5.43. The van der Waals surface area contributed by atoms with Crippen molar-refractivity contribution >= 4 is 11.8 Å². The number of nitrogens with zero attached hydrogens (tertiary/aromatic N) is 1. The molecule has 4 heteroatoms. The van der Waals surface area contributed by atoms with Gasteiger partial charge in [-0.25, -0.2) is 0 Å². The van der Waals surface area contributed by atoms with Crippen LogP contribution in [-0.2, 0) is 4.74 Å². The van der Waals surface area contributed by atoms with Gasteiger partial charge in [0.2, 0.25) is 0 Å². The fraction of sp³-hybridized carbons (Fsp3) is 1.00. The number of hydrogen-bond donors (Lipinski definition) is 1. The molecule has 3 nitrogen and oxygen atoms in total. The predicted molar refractivity (Wildman–Crippen MR) is 61.0 cm³/mol. The monoisotopic (exact) mass is 216 g/mol. The lowest BCUT2D eigenvalue weighted by atomic mass is 10.2. The topological polar surface area (TPSA) is 24.5 Å². The second-order valence-corrected chi connectivity index (χ2v) is 5.56. The minimum Gasteiger partial charge on any atom is -0.380 e. The average Bonchev–Trinajstić information content (AvgIpc) is 2.72. The molecule has 2 saturated heterocycles. The molecule has 2 atom stereocenters. The van der Waals surface area contributed by atoms with E-state index in [1.807, 2.05) is 0 Å². The van der Waals surface area contributed by atoms with Gasteiger partial charge < -0.3 is 10.1 Å². The Kier molecular flexibility index (Phi) is 4.10. The van der Waals surface area contributed by atoms with Crippen LogP contribution in [-0.4, -0.2) is 61.8 Å². The van der Waals surface area contributed by atoms with E-state index in [2.05, 4.69) is 29.0 Å². The van der Waals surface area contributed by atoms with Crippen LogP contribution >= 0.6 is 11.8 Å². The number of hydrogen-bond acceptors (Lipinski definition) is 4. The van der Waals surface area contributed by atoms with Gasteiger partial charge in [0.15, 0.2) is 0 Å². The predicted octanol–water partition coefficient (Wildman–Crippen LogP) is 0.412. The van der Waals surface area contributed by atoms with E-state index in [1.54, 1.807) is 0 Å². The highest BCUT2D eigenvalue weighted by molar-refractivity contribution is 8.00. The first-order valence-electron chi connectivity index (χ1n) is 5.46. The molecule has 0 radical (unpaired) electrons. The summed E-state index contributed by atoms with van der Waals surface area (Å²) in [4.78, 5) is 2.47. The van der Waals surface area contributed by atoms with Crippen molar-refractivity contribution in [2.45, 2.75) is 17.7 Å². The molecule has 0 amide bonds. The lowest BCUT2D eigenvalue weighted by Gasteiger charge is -2.30. The Balaban J connectivity index is 1.72. The van der Waals surface area contributed by atoms with Crippen molar-refractivity contribution in [3.63, 3.8) is 0 Å². The molecule has 14 heavy (non-hydrogen) atoms. The summed E-state index contributed by atoms with van der Waals surface area (Å²) in [5.74, 6) is 1.26. The number of rotatable bonds is 3. The number of likely N-dealkylation sites (N-methyl/N-ethyl adjacent to an activating group) is 1. The first kappa shape index (κ1) is 10.7. The van der Waals surface area contributed by atoms with Gasteiger partial charge in [0.25, 0.3) is 0 Å². The van der Waals surface area contributed by atoms with Crippen LogP contribution in [0.25, 0.3) is 0 Å². The van der Waals surface area contributed by atoms with Crippen molar-refractivity contribution in [3.8, 4) is 0 Å². The second-order valence-electron chi connectivity index (χ2n) is 4.15. The van der Waals surface area contributed by atoms with Crippen LogP contribution < -0.4 is 5.32 Å². The summed E-state index contributed by atoms with van der Waals surface area (Å²) >= 11 is 2.11. The normalized spacial score (nSPS) is 33.9. The third kappa shape index (κ3) is 2.86. The molecule has 2 unspecified atom stereocenters. The Hall–Kier alpha value is 0.230. The Bertz CT molecular complexity index is 168. The van der Waals surface area contributed by atoms with Crippen LogP contribution in [0.4, 0.5) is 0 Å². The average molecular weight is 216 g/mol. The van der Waals surface area contributed by atoms with Crippen molar-refractivity contribution in [1.82, 2.24) is 10.2 Å². The number of thioether (sulfide) groups is 1. The molecule has 0 bridgehead atoms. The fourth-order valence-corrected chi connectivity index (χ4v) is 3.25. The largest absolute Gasteiger partial charge is 0.380 e. The molecule has 2 aliphatic heterocycles. The molecule has 0 saturated carbocycles. The van der Waals surface area contributed by atoms with Gasteiger partial charge in [-0.3, -0.25) is 4.90 Å². The number of nitrogens with one attached hydrogen (secondary N) is 1. The van der Waals surface area contributed by atoms with E-state index < -0.39 is 0 Å². The highest BCUT2D eigenvalue weighted by atomic mass is 32.2. The van der Waals surface area contributed by atoms with Crippen molar-refractivity contribution in [3.05, 3.63) is 0 Å². The van der Waals surface area contributed by atoms with Gasteiger partial charge >= 0.3 is 0 Å². The van der Waals surface area contributed by atoms with Crippen LogP contribution in [0.2, 0.25) is 0 Å². The van der Waals surface area contributed by atoms with Crippen LogP contribution in [0.15, 0.2) is 0 Å². The van der Waals surface area contributed by atoms with Gasteiger partial charge in [0.1, 0.15) is 0 Å². The summed E-state index contributed by atoms with van der Waals surface area (Å²) in [5, 5.41) is 4.22. The highest BCUT2D eigenvalue weighted by Gasteiger charge is 2.23. The number of ether oxygens (including phenoxy) is 1. The van der Waals surface area contributed by atoms with E-state index in [-0.39, 0.29) is 0 Å². The summed E-state index contributed by atoms with van der Waals surface area (Å²) in [5.41, 5.74) is 0. The van der Waals surface area contributed by atoms with E-state index in [1.165, 1.54) is 31.8 Å². The molecule has 82 valence electrons. The minimum absolute atomic E-state index is 0.664. The minimum atomic E-state index is 0.664. The lowest BCUT2D eigenvalue weighted by Crippen LogP contribution is -2.43. The van der Waals surface area contributed by atoms with Gasteiger partial charge in [-0.05, 0) is 13.5 Å². The molecule has 0 aliphatic carbocycles. The molecule has 0 spiro atoms. The molecule has 1 N–H and O–H groups in total. The molecule has 2 rings (SSSR count). The van der Waals surface area contributed by atoms with Crippen LogP contribution in [0.5, 0.6) is 0 Å². The van der Waals surface area contributed by atoms with Crippen LogP contribution in [0, 0.1) is 0 Å². The van der Waals surface area contributed by atoms with Crippen molar-refractivity contribution in [2.24, 2.45) is 0 Å². The van der Waals surface area contributed by atoms with Gasteiger partial charge in [-0.15, -0.1) is 0 Å². The van der Waals surface area contributed by atoms with Crippen molar-refractivity contribution in [2.75, 3.05) is 45.6 Å². The standard InChI is InChI=1S/C10H20N2OS/c1-12(9-2-4-13-8-9)7-10-6-11-3-5-14-10/h9-11H,2-8H2,1H3. The summed E-state index contributed by atoms with van der Waals surface area (Å²) in [6.07, 6.45) is 1.21. The third-order valence-corrected chi connectivity index (χ3v) is 4.25. The molecule has 0 aromatic rings. The SMILES string of the molecule is CN(CC1CNCCS1)C1CCOC1. The van der Waals surface area contributed by atoms with E-state index in [9.17, 15) is 0 Å². The summed E-state index contributed by atoms with van der Waals surface area (Å²) in [6, 6.07) is 0.664. The fourth-order valence-electron chi connectivity index (χ4n) is 2.08. The summed E-state index contributed by atoms with van der Waals surface area (Å²) in [7, 11) is 2.23. The Morgan fingerprint density at radius 2 is 2.50 bits per heavy atom. The van der Waals surface area contributed by atoms with E-state index in [0.29, 0.717) is 6.04 Å². The van der Waals surface area contributed by atoms with E-state index in [4.69, 9.17) is 4.74 Å². The van der Waals surface area contributed by atoms with Gasteiger partial charge in [0, 0.05) is 43.3 Å². The van der Waals surface area contributed by atoms with Gasteiger partial charge in [-0.1, -0.05) is 0 Å². The Morgan fingerprint density at radius 3 is 3.14 bits per heavy atom. The molecule has 2 fully saturated rings. The van der Waals surface area contributed by atoms with Crippen LogP contribution in [0.1, 0.15) is 6.42 Å². The lowest BCUT2D eigenvalue weighted by molar-refractivity contribution is 0.159. The first-order valence-corrected chi connectivity index (χ1v) is 6.51. The Morgan fingerprint density at radius 1 is 1.57 bits per heavy atom. The molecule has 2 aliphatic rings. The Labute approximate surface area is 90.6 Å². The second kappa shape index (κ2) is 5.35. The quantitative estimate of drug-likeness (QED) is 0.738. The van der Waals surface area contributed by atoms with E-state index >= 15 is 0 Å². The first-order chi connectivity index (χ1) is 6.86. The van der Waals surface area contributed by atoms with Crippen molar-refractivity contribution in [1.29, 1.82) is 0 Å². The molecular weight excluding hydrogens is 196 g/mol. The molecule has 2 heterocycles. The van der Waals surface area contributed by atoms with Gasteiger partial charge in [-0.2, -0.15) is 11.8 Å². The molecule has 0 aromatic heterocycles. The smallest absolute Gasteiger partial charge is 0.0622 e. The maximum Gasteiger partial charge on any atom is 0.0622 e. The van der Waals surface area contributed by atoms with Crippen molar-refractivity contribution < 1.29 is 4.74 Å². The highest BCUT2D eigenvalue weighted by Crippen LogP contribution is 2.17.